The fraction of sp³-hybridized carbons (Fsp3) is 0.345. The Labute approximate surface area is 242 Å². The lowest BCUT2D eigenvalue weighted by Crippen LogP contribution is -2.53. The molecular weight excluding hydrogens is 584 g/mol. The number of para-hydroxylation sites is 1. The highest BCUT2D eigenvalue weighted by molar-refractivity contribution is 6.07. The number of carbonyl (C=O) groups is 2. The first-order valence-corrected chi connectivity index (χ1v) is 13.0. The van der Waals surface area contributed by atoms with Crippen molar-refractivity contribution in [3.63, 3.8) is 0 Å². The maximum atomic E-state index is 13.4. The van der Waals surface area contributed by atoms with E-state index in [9.17, 15) is 41.0 Å². The second-order valence-corrected chi connectivity index (χ2v) is 10.0. The molecule has 230 valence electrons. The van der Waals surface area contributed by atoms with Crippen molar-refractivity contribution in [1.29, 1.82) is 0 Å². The van der Waals surface area contributed by atoms with Gasteiger partial charge in [0.2, 0.25) is 5.88 Å². The van der Waals surface area contributed by atoms with Crippen LogP contribution in [0.2, 0.25) is 0 Å². The van der Waals surface area contributed by atoms with Crippen LogP contribution in [0.1, 0.15) is 42.5 Å². The molecule has 2 N–H and O–H groups in total. The zero-order valence-corrected chi connectivity index (χ0v) is 23.1. The first-order valence-electron chi connectivity index (χ1n) is 13.0. The number of nitrogens with one attached hydrogen (secondary N) is 1. The minimum Gasteiger partial charge on any atom is -0.496 e. The number of methoxy groups -OCH3 is 1. The van der Waals surface area contributed by atoms with Crippen LogP contribution in [-0.2, 0) is 28.9 Å². The van der Waals surface area contributed by atoms with E-state index in [1.807, 2.05) is 0 Å². The third-order valence-corrected chi connectivity index (χ3v) is 7.09. The lowest BCUT2D eigenvalue weighted by Gasteiger charge is -2.33. The van der Waals surface area contributed by atoms with Gasteiger partial charge in [0, 0.05) is 23.4 Å². The Morgan fingerprint density at radius 2 is 1.65 bits per heavy atom. The highest BCUT2D eigenvalue weighted by Crippen LogP contribution is 2.50. The van der Waals surface area contributed by atoms with Crippen LogP contribution in [0, 0.1) is 0 Å². The summed E-state index contributed by atoms with van der Waals surface area (Å²) in [5.74, 6) is -0.327. The zero-order chi connectivity index (χ0) is 31.8. The Balaban J connectivity index is 1.61. The molecule has 1 atom stereocenters. The second kappa shape index (κ2) is 11.4. The summed E-state index contributed by atoms with van der Waals surface area (Å²) in [5, 5.41) is 12.5. The molecule has 4 rings (SSSR count). The van der Waals surface area contributed by atoms with Crippen molar-refractivity contribution in [2.45, 2.75) is 56.7 Å². The number of benzene rings is 2. The maximum Gasteiger partial charge on any atom is 0.430 e. The summed E-state index contributed by atoms with van der Waals surface area (Å²) in [6.45, 7) is 3.01. The number of nitrogens with zero attached hydrogens (tertiary/aromatic N) is 2. The minimum atomic E-state index is -6.03. The second-order valence-electron chi connectivity index (χ2n) is 10.0. The summed E-state index contributed by atoms with van der Waals surface area (Å²) in [4.78, 5) is 31.3. The van der Waals surface area contributed by atoms with E-state index >= 15 is 0 Å². The van der Waals surface area contributed by atoms with Gasteiger partial charge in [0.05, 0.1) is 13.7 Å². The van der Waals surface area contributed by atoms with Crippen LogP contribution >= 0.6 is 0 Å². The molecule has 1 aliphatic rings. The Kier molecular flexibility index (Phi) is 8.38. The molecular formula is C29H27F6N3O5. The first kappa shape index (κ1) is 31.6. The Morgan fingerprint density at radius 3 is 2.28 bits per heavy atom. The van der Waals surface area contributed by atoms with E-state index in [1.54, 1.807) is 38.1 Å². The van der Waals surface area contributed by atoms with Crippen molar-refractivity contribution in [2.24, 2.45) is 0 Å². The van der Waals surface area contributed by atoms with Crippen LogP contribution in [-0.4, -0.2) is 46.4 Å². The molecule has 2 heterocycles. The number of carbonyl (C=O) groups excluding carboxylic acids is 2. The van der Waals surface area contributed by atoms with Crippen LogP contribution in [0.15, 0.2) is 60.8 Å². The first-order chi connectivity index (χ1) is 20.1. The topological polar surface area (TPSA) is 101 Å². The molecule has 1 unspecified atom stereocenters. The molecule has 3 amide bonds. The van der Waals surface area contributed by atoms with E-state index in [0.717, 1.165) is 11.0 Å². The SMILES string of the molecule is CCCc1cc(C(O)(C(F)(F)F)C(F)(F)F)ccc1Oc1cc(CN2C(=O)NC(C)(c3ccccc3OC)C2=O)ccn1. The van der Waals surface area contributed by atoms with Crippen LogP contribution in [0.4, 0.5) is 31.1 Å². The standard InChI is InChI=1S/C29H27F6N3O5/c1-4-7-18-15-19(27(41,28(30,31)32)29(33,34)35)10-11-21(18)43-23-14-17(12-13-36-23)16-38-24(39)26(2,37-25(38)40)20-8-5-6-9-22(20)42-3/h5-6,8-15,41H,4,7,16H2,1-3H3,(H,37,40). The van der Waals surface area contributed by atoms with Gasteiger partial charge in [-0.1, -0.05) is 37.6 Å². The smallest absolute Gasteiger partial charge is 0.430 e. The van der Waals surface area contributed by atoms with Crippen LogP contribution in [0.25, 0.3) is 0 Å². The van der Waals surface area contributed by atoms with Crippen molar-refractivity contribution >= 4 is 11.9 Å². The largest absolute Gasteiger partial charge is 0.496 e. The van der Waals surface area contributed by atoms with Gasteiger partial charge in [-0.3, -0.25) is 9.69 Å². The normalized spacial score (nSPS) is 17.7. The Morgan fingerprint density at radius 1 is 0.977 bits per heavy atom. The number of aliphatic hydroxyl groups is 1. The average Bonchev–Trinajstić information content (AvgIpc) is 3.16. The summed E-state index contributed by atoms with van der Waals surface area (Å²) in [6.07, 6.45) is -10.4. The molecule has 0 saturated carbocycles. The number of aryl methyl sites for hydroxylation is 1. The van der Waals surface area contributed by atoms with Crippen molar-refractivity contribution in [2.75, 3.05) is 7.11 Å². The molecule has 14 heteroatoms. The van der Waals surface area contributed by atoms with Gasteiger partial charge in [-0.05, 0) is 48.7 Å². The van der Waals surface area contributed by atoms with Crippen LogP contribution in [0.5, 0.6) is 17.4 Å². The fourth-order valence-electron chi connectivity index (χ4n) is 4.84. The predicted molar refractivity (Wildman–Crippen MR) is 140 cm³/mol. The predicted octanol–water partition coefficient (Wildman–Crippen LogP) is 6.11. The van der Waals surface area contributed by atoms with E-state index in [2.05, 4.69) is 10.3 Å². The Hall–Kier alpha value is -4.33. The summed E-state index contributed by atoms with van der Waals surface area (Å²) in [7, 11) is 1.44. The number of rotatable bonds is 9. The van der Waals surface area contributed by atoms with E-state index in [4.69, 9.17) is 9.47 Å². The summed E-state index contributed by atoms with van der Waals surface area (Å²) < 4.78 is 91.6. The molecule has 0 spiro atoms. The molecule has 0 bridgehead atoms. The summed E-state index contributed by atoms with van der Waals surface area (Å²) >= 11 is 0. The molecule has 1 fully saturated rings. The highest BCUT2D eigenvalue weighted by atomic mass is 19.4. The Bertz CT molecular complexity index is 1510. The number of urea groups is 1. The number of hydrogen-bond acceptors (Lipinski definition) is 6. The zero-order valence-electron chi connectivity index (χ0n) is 23.1. The number of halogens is 6. The molecule has 1 saturated heterocycles. The fourth-order valence-corrected chi connectivity index (χ4v) is 4.84. The van der Waals surface area contributed by atoms with Crippen LogP contribution < -0.4 is 14.8 Å². The number of pyridine rings is 1. The monoisotopic (exact) mass is 611 g/mol. The molecule has 0 radical (unpaired) electrons. The highest BCUT2D eigenvalue weighted by Gasteiger charge is 2.71. The van der Waals surface area contributed by atoms with Gasteiger partial charge in [0.15, 0.2) is 0 Å². The van der Waals surface area contributed by atoms with Gasteiger partial charge in [-0.2, -0.15) is 26.3 Å². The van der Waals surface area contributed by atoms with Gasteiger partial charge in [-0.15, -0.1) is 0 Å². The van der Waals surface area contributed by atoms with Gasteiger partial charge >= 0.3 is 18.4 Å². The molecule has 8 nitrogen and oxygen atoms in total. The number of aromatic nitrogens is 1. The number of hydrogen-bond donors (Lipinski definition) is 2. The lowest BCUT2D eigenvalue weighted by molar-refractivity contribution is -0.376. The van der Waals surface area contributed by atoms with E-state index in [-0.39, 0.29) is 30.2 Å². The number of imide groups is 1. The molecule has 3 aromatic rings. The van der Waals surface area contributed by atoms with Gasteiger partial charge in [-0.25, -0.2) is 9.78 Å². The molecule has 1 aliphatic heterocycles. The van der Waals surface area contributed by atoms with Crippen molar-refractivity contribution in [1.82, 2.24) is 15.2 Å². The number of alkyl halides is 6. The molecule has 0 aliphatic carbocycles. The van der Waals surface area contributed by atoms with E-state index < -0.39 is 41.0 Å². The molecule has 43 heavy (non-hydrogen) atoms. The molecule has 1 aromatic heterocycles. The summed E-state index contributed by atoms with van der Waals surface area (Å²) in [5.41, 5.74) is -7.08. The number of ether oxygens (including phenoxy) is 2. The van der Waals surface area contributed by atoms with Crippen molar-refractivity contribution in [3.8, 4) is 17.4 Å². The van der Waals surface area contributed by atoms with Crippen molar-refractivity contribution < 1.29 is 50.5 Å². The van der Waals surface area contributed by atoms with Gasteiger partial charge < -0.3 is 19.9 Å². The maximum absolute atomic E-state index is 13.4. The minimum absolute atomic E-state index is 0.0264. The summed E-state index contributed by atoms with van der Waals surface area (Å²) in [6, 6.07) is 10.9. The quantitative estimate of drug-likeness (QED) is 0.224. The number of amides is 3. The van der Waals surface area contributed by atoms with Crippen molar-refractivity contribution in [3.05, 3.63) is 83.0 Å². The molecule has 2 aromatic carbocycles. The van der Waals surface area contributed by atoms with Crippen LogP contribution in [0.3, 0.4) is 0 Å². The third-order valence-electron chi connectivity index (χ3n) is 7.09. The lowest BCUT2D eigenvalue weighted by atomic mass is 9.90. The third kappa shape index (κ3) is 5.70. The van der Waals surface area contributed by atoms with Gasteiger partial charge in [0.25, 0.3) is 11.5 Å². The van der Waals surface area contributed by atoms with E-state index in [0.29, 0.717) is 35.4 Å². The average molecular weight is 612 g/mol. The van der Waals surface area contributed by atoms with Gasteiger partial charge in [0.1, 0.15) is 17.0 Å². The van der Waals surface area contributed by atoms with E-state index in [1.165, 1.54) is 25.4 Å².